The first-order valence-electron chi connectivity index (χ1n) is 14.3. The van der Waals surface area contributed by atoms with Gasteiger partial charge in [0.05, 0.1) is 19.6 Å². The predicted octanol–water partition coefficient (Wildman–Crippen LogP) is 8.45. The lowest BCUT2D eigenvalue weighted by Crippen LogP contribution is -2.04. The summed E-state index contributed by atoms with van der Waals surface area (Å²) in [6, 6.07) is 18.8. The summed E-state index contributed by atoms with van der Waals surface area (Å²) in [6.07, 6.45) is 10.9. The van der Waals surface area contributed by atoms with Crippen LogP contribution >= 0.6 is 0 Å². The molecule has 0 spiro atoms. The van der Waals surface area contributed by atoms with Gasteiger partial charge in [-0.05, 0) is 48.2 Å². The molecule has 6 heteroatoms. The van der Waals surface area contributed by atoms with Crippen molar-refractivity contribution in [1.29, 1.82) is 0 Å². The van der Waals surface area contributed by atoms with Crippen molar-refractivity contribution in [2.45, 2.75) is 71.3 Å². The van der Waals surface area contributed by atoms with Crippen molar-refractivity contribution in [1.82, 2.24) is 0 Å². The summed E-state index contributed by atoms with van der Waals surface area (Å²) in [5.41, 5.74) is 2.47. The average molecular weight is 545 g/mol. The summed E-state index contributed by atoms with van der Waals surface area (Å²) in [4.78, 5) is 13.2. The van der Waals surface area contributed by atoms with E-state index in [1.807, 2.05) is 48.5 Å². The number of ether oxygens (including phenoxy) is 3. The molecule has 4 rings (SSSR count). The van der Waals surface area contributed by atoms with Gasteiger partial charge in [0.25, 0.3) is 0 Å². The Bertz CT molecular complexity index is 1420. The predicted molar refractivity (Wildman–Crippen MR) is 160 cm³/mol. The van der Waals surface area contributed by atoms with Gasteiger partial charge < -0.3 is 23.7 Å². The molecule has 3 aromatic carbocycles. The Morgan fingerprint density at radius 2 is 1.43 bits per heavy atom. The van der Waals surface area contributed by atoms with Crippen LogP contribution in [0.5, 0.6) is 23.0 Å². The van der Waals surface area contributed by atoms with Gasteiger partial charge in [0.2, 0.25) is 16.9 Å². The Morgan fingerprint density at radius 1 is 0.775 bits per heavy atom. The minimum atomic E-state index is -0.462. The van der Waals surface area contributed by atoms with Gasteiger partial charge in [0.1, 0.15) is 12.2 Å². The van der Waals surface area contributed by atoms with Crippen LogP contribution in [0.4, 0.5) is 0 Å². The summed E-state index contributed by atoms with van der Waals surface area (Å²) in [7, 11) is 3.05. The zero-order chi connectivity index (χ0) is 28.3. The highest BCUT2D eigenvalue weighted by atomic mass is 16.5. The molecular weight excluding hydrogens is 504 g/mol. The zero-order valence-electron chi connectivity index (χ0n) is 23.8. The Balaban J connectivity index is 1.53. The van der Waals surface area contributed by atoms with E-state index < -0.39 is 11.2 Å². The molecule has 1 heterocycles. The van der Waals surface area contributed by atoms with Gasteiger partial charge >= 0.3 is 0 Å². The van der Waals surface area contributed by atoms with Gasteiger partial charge in [-0.25, -0.2) is 0 Å². The number of methoxy groups -OCH3 is 2. The first-order valence-corrected chi connectivity index (χ1v) is 14.3. The summed E-state index contributed by atoms with van der Waals surface area (Å²) in [5, 5.41) is 11.3. The van der Waals surface area contributed by atoms with E-state index in [2.05, 4.69) is 6.92 Å². The fourth-order valence-electron chi connectivity index (χ4n) is 4.93. The maximum Gasteiger partial charge on any atom is 0.235 e. The molecule has 0 saturated carbocycles. The lowest BCUT2D eigenvalue weighted by Gasteiger charge is -2.16. The van der Waals surface area contributed by atoms with Gasteiger partial charge in [0, 0.05) is 5.56 Å². The molecule has 0 atom stereocenters. The Morgan fingerprint density at radius 3 is 2.08 bits per heavy atom. The van der Waals surface area contributed by atoms with Gasteiger partial charge in [-0.3, -0.25) is 4.79 Å². The molecule has 0 unspecified atom stereocenters. The van der Waals surface area contributed by atoms with Crippen molar-refractivity contribution in [2.24, 2.45) is 0 Å². The molecule has 1 N–H and O–H groups in total. The Hall–Kier alpha value is -3.93. The highest BCUT2D eigenvalue weighted by molar-refractivity contribution is 5.83. The number of aromatic hydroxyl groups is 1. The number of hydrogen-bond acceptors (Lipinski definition) is 6. The average Bonchev–Trinajstić information content (AvgIpc) is 2.99. The second kappa shape index (κ2) is 14.5. The summed E-state index contributed by atoms with van der Waals surface area (Å²) >= 11 is 0. The highest BCUT2D eigenvalue weighted by Gasteiger charge is 2.21. The van der Waals surface area contributed by atoms with Crippen molar-refractivity contribution in [2.75, 3.05) is 14.2 Å². The van der Waals surface area contributed by atoms with Crippen LogP contribution in [0.2, 0.25) is 0 Å². The summed E-state index contributed by atoms with van der Waals surface area (Å²) in [6.45, 7) is 2.56. The molecule has 40 heavy (non-hydrogen) atoms. The Labute approximate surface area is 236 Å². The van der Waals surface area contributed by atoms with Gasteiger partial charge in [0.15, 0.2) is 17.3 Å². The molecule has 4 aromatic rings. The number of benzene rings is 3. The first kappa shape index (κ1) is 29.1. The second-order valence-electron chi connectivity index (χ2n) is 10.1. The molecule has 1 aromatic heterocycles. The lowest BCUT2D eigenvalue weighted by molar-refractivity contribution is 0.266. The number of rotatable bonds is 15. The van der Waals surface area contributed by atoms with Crippen LogP contribution in [0.25, 0.3) is 22.3 Å². The standard InChI is InChI=1S/C34H40O6/c1-4-5-6-7-8-9-10-12-15-24-18-19-28-27(20-24)31(35)32(36)33(40-28)26-21-29(37-2)34(30(22-26)38-3)39-23-25-16-13-11-14-17-25/h11,13-14,16-22,36H,4-10,12,15,23H2,1-3H3. The zero-order valence-corrected chi connectivity index (χ0v) is 23.8. The molecule has 0 saturated heterocycles. The molecule has 0 fully saturated rings. The normalized spacial score (nSPS) is 11.1. The van der Waals surface area contributed by atoms with E-state index in [1.54, 1.807) is 12.1 Å². The van der Waals surface area contributed by atoms with Crippen molar-refractivity contribution >= 4 is 11.0 Å². The fourth-order valence-corrected chi connectivity index (χ4v) is 4.93. The van der Waals surface area contributed by atoms with Crippen molar-refractivity contribution < 1.29 is 23.7 Å². The third kappa shape index (κ3) is 7.17. The van der Waals surface area contributed by atoms with Crippen molar-refractivity contribution in [3.63, 3.8) is 0 Å². The van der Waals surface area contributed by atoms with E-state index in [0.717, 1.165) is 24.0 Å². The van der Waals surface area contributed by atoms with Gasteiger partial charge in [-0.15, -0.1) is 0 Å². The Kier molecular flexibility index (Phi) is 10.5. The smallest absolute Gasteiger partial charge is 0.235 e. The highest BCUT2D eigenvalue weighted by Crippen LogP contribution is 2.43. The quantitative estimate of drug-likeness (QED) is 0.151. The molecule has 6 nitrogen and oxygen atoms in total. The molecule has 0 amide bonds. The largest absolute Gasteiger partial charge is 0.502 e. The van der Waals surface area contributed by atoms with Crippen LogP contribution < -0.4 is 19.6 Å². The van der Waals surface area contributed by atoms with E-state index in [1.165, 1.54) is 59.2 Å². The molecule has 0 aliphatic heterocycles. The second-order valence-corrected chi connectivity index (χ2v) is 10.1. The van der Waals surface area contributed by atoms with Crippen molar-refractivity contribution in [3.05, 3.63) is 82.0 Å². The molecule has 0 aliphatic rings. The number of fused-ring (bicyclic) bond motifs is 1. The van der Waals surface area contributed by atoms with Crippen LogP contribution in [0.3, 0.4) is 0 Å². The van der Waals surface area contributed by atoms with E-state index in [-0.39, 0.29) is 5.76 Å². The van der Waals surface area contributed by atoms with E-state index in [4.69, 9.17) is 18.6 Å². The van der Waals surface area contributed by atoms with Gasteiger partial charge in [-0.2, -0.15) is 0 Å². The van der Waals surface area contributed by atoms with Crippen molar-refractivity contribution in [3.8, 4) is 34.3 Å². The number of hydrogen-bond donors (Lipinski definition) is 1. The summed E-state index contributed by atoms with van der Waals surface area (Å²) < 4.78 is 23.3. The maximum absolute atomic E-state index is 13.2. The van der Waals surface area contributed by atoms with E-state index >= 15 is 0 Å². The summed E-state index contributed by atoms with van der Waals surface area (Å²) in [5.74, 6) is 0.824. The minimum absolute atomic E-state index is 0.0551. The van der Waals surface area contributed by atoms with Crippen LogP contribution in [0.15, 0.2) is 69.9 Å². The topological polar surface area (TPSA) is 78.1 Å². The third-order valence-electron chi connectivity index (χ3n) is 7.20. The fraction of sp³-hybridized carbons (Fsp3) is 0.382. The number of aryl methyl sites for hydroxylation is 1. The van der Waals surface area contributed by atoms with Crippen LogP contribution in [0.1, 0.15) is 69.4 Å². The van der Waals surface area contributed by atoms with Crippen LogP contribution in [-0.2, 0) is 13.0 Å². The maximum atomic E-state index is 13.2. The SMILES string of the molecule is CCCCCCCCCCc1ccc2oc(-c3cc(OC)c(OCc4ccccc4)c(OC)c3)c(O)c(=O)c2c1. The third-order valence-corrected chi connectivity index (χ3v) is 7.20. The van der Waals surface area contributed by atoms with E-state index in [9.17, 15) is 9.90 Å². The lowest BCUT2D eigenvalue weighted by atomic mass is 10.0. The molecule has 0 bridgehead atoms. The monoisotopic (exact) mass is 544 g/mol. The minimum Gasteiger partial charge on any atom is -0.502 e. The first-order chi connectivity index (χ1) is 19.5. The molecule has 212 valence electrons. The van der Waals surface area contributed by atoms with Gasteiger partial charge in [-0.1, -0.05) is 88.3 Å². The van der Waals surface area contributed by atoms with E-state index in [0.29, 0.717) is 40.4 Å². The molecule has 0 aliphatic carbocycles. The molecular formula is C34H40O6. The van der Waals surface area contributed by atoms with Crippen LogP contribution in [0, 0.1) is 0 Å². The van der Waals surface area contributed by atoms with Crippen LogP contribution in [-0.4, -0.2) is 19.3 Å². The molecule has 0 radical (unpaired) electrons. The number of unbranched alkanes of at least 4 members (excludes halogenated alkanes) is 7.